The third kappa shape index (κ3) is 10.9. The first-order valence-electron chi connectivity index (χ1n) is 19.9. The summed E-state index contributed by atoms with van der Waals surface area (Å²) >= 11 is 6.80. The Morgan fingerprint density at radius 2 is 1.66 bits per heavy atom. The summed E-state index contributed by atoms with van der Waals surface area (Å²) in [5, 5.41) is 32.7. The highest BCUT2D eigenvalue weighted by Crippen LogP contribution is 2.38. The number of nitrogens with zero attached hydrogens (tertiary/aromatic N) is 2. The maximum atomic E-state index is 11.9. The van der Waals surface area contributed by atoms with Gasteiger partial charge in [-0.15, -0.1) is 0 Å². The van der Waals surface area contributed by atoms with Crippen molar-refractivity contribution in [2.24, 2.45) is 11.3 Å². The van der Waals surface area contributed by atoms with Crippen molar-refractivity contribution in [3.05, 3.63) is 130 Å². The summed E-state index contributed by atoms with van der Waals surface area (Å²) in [5.41, 5.74) is 8.00. The van der Waals surface area contributed by atoms with E-state index in [0.717, 1.165) is 64.2 Å². The average Bonchev–Trinajstić information content (AvgIpc) is 3.67. The van der Waals surface area contributed by atoms with Crippen LogP contribution in [0.15, 0.2) is 91.3 Å². The van der Waals surface area contributed by atoms with E-state index < -0.39 is 18.0 Å². The van der Waals surface area contributed by atoms with Crippen LogP contribution in [0.25, 0.3) is 22.3 Å². The quantitative estimate of drug-likeness (QED) is 0.0689. The summed E-state index contributed by atoms with van der Waals surface area (Å²) in [6.07, 6.45) is 5.88. The van der Waals surface area contributed by atoms with Crippen molar-refractivity contribution in [1.29, 1.82) is 5.26 Å². The molecule has 5 aromatic rings. The van der Waals surface area contributed by atoms with Gasteiger partial charge in [0.2, 0.25) is 0 Å². The number of ether oxygens (including phenoxy) is 3. The maximum Gasteiger partial charge on any atom is 0.311 e. The van der Waals surface area contributed by atoms with Crippen LogP contribution in [0.1, 0.15) is 66.0 Å². The smallest absolute Gasteiger partial charge is 0.311 e. The first kappa shape index (κ1) is 42.9. The fourth-order valence-electron chi connectivity index (χ4n) is 7.34. The summed E-state index contributed by atoms with van der Waals surface area (Å²) in [6.45, 7) is 7.66. The summed E-state index contributed by atoms with van der Waals surface area (Å²) < 4.78 is 18.6. The lowest BCUT2D eigenvalue weighted by Crippen LogP contribution is -2.32. The molecule has 0 saturated heterocycles. The Labute approximate surface area is 350 Å². The van der Waals surface area contributed by atoms with E-state index in [4.69, 9.17) is 25.8 Å². The number of hydrogen-bond acceptors (Lipinski definition) is 9. The number of aliphatic carboxylic acids is 1. The number of rotatable bonds is 19. The van der Waals surface area contributed by atoms with Crippen LogP contribution >= 0.6 is 11.6 Å². The molecule has 1 heterocycles. The topological polar surface area (TPSA) is 151 Å². The summed E-state index contributed by atoms with van der Waals surface area (Å²) in [4.78, 5) is 27.6. The molecular weight excluding hydrogens is 766 g/mol. The van der Waals surface area contributed by atoms with E-state index >= 15 is 0 Å². The van der Waals surface area contributed by atoms with Gasteiger partial charge in [-0.25, -0.2) is 0 Å². The minimum absolute atomic E-state index is 0.105. The monoisotopic (exact) mass is 815 g/mol. The fourth-order valence-corrected chi connectivity index (χ4v) is 7.58. The van der Waals surface area contributed by atoms with E-state index in [0.29, 0.717) is 64.4 Å². The van der Waals surface area contributed by atoms with Crippen LogP contribution in [0.4, 0.5) is 0 Å². The van der Waals surface area contributed by atoms with Crippen LogP contribution in [0, 0.1) is 36.5 Å². The zero-order valence-electron chi connectivity index (χ0n) is 33.7. The minimum atomic E-state index is -1.35. The van der Waals surface area contributed by atoms with E-state index in [1.165, 1.54) is 13.1 Å². The van der Waals surface area contributed by atoms with Gasteiger partial charge in [-0.1, -0.05) is 60.1 Å². The number of ketones is 1. The molecule has 0 bridgehead atoms. The van der Waals surface area contributed by atoms with E-state index in [-0.39, 0.29) is 26.1 Å². The number of pyridine rings is 1. The average molecular weight is 816 g/mol. The van der Waals surface area contributed by atoms with Gasteiger partial charge in [0.25, 0.3) is 0 Å². The molecule has 1 aromatic heterocycles. The number of aromatic nitrogens is 1. The molecule has 1 aliphatic carbocycles. The SMILES string of the molecule is Cc1c(COc2cc(OCc3cncc(C#N)c3)c(CC[C@@](C)(CO)C(=O)O)cc2Cl)cccc1-c1cccc(-c2ccc(OCCNC[C@@H]3CCC(=O)C3)cc2)c1C. The molecule has 0 aliphatic heterocycles. The van der Waals surface area contributed by atoms with Crippen molar-refractivity contribution in [2.75, 3.05) is 26.3 Å². The third-order valence-electron chi connectivity index (χ3n) is 11.2. The van der Waals surface area contributed by atoms with Crippen molar-refractivity contribution in [3.8, 4) is 45.6 Å². The van der Waals surface area contributed by atoms with Gasteiger partial charge in [-0.2, -0.15) is 5.26 Å². The number of halogens is 1. The first-order chi connectivity index (χ1) is 28.5. The standard InChI is InChI=1S/C48H50ClN3O7/c1-31-38(29-59-46-23-45(58-28-35-20-34(24-50)26-52-27-35)37(22-44(46)49)16-17-48(3,30-53)47(55)56)6-4-8-42(31)43-9-5-7-41(32(43)2)36-11-14-40(15-12-36)57-19-18-51-25-33-10-13-39(54)21-33/h4-9,11-12,14-15,20,22-23,26-27,33,51,53H,10,13,16-19,21,25,28-30H2,1-3H3,(H,55,56)/t33-,48+/m1/s1. The minimum Gasteiger partial charge on any atom is -0.492 e. The normalized spacial score (nSPS) is 14.7. The van der Waals surface area contributed by atoms with Gasteiger partial charge in [0.1, 0.15) is 48.9 Å². The van der Waals surface area contributed by atoms with Gasteiger partial charge >= 0.3 is 5.97 Å². The highest BCUT2D eigenvalue weighted by molar-refractivity contribution is 6.32. The maximum absolute atomic E-state index is 11.9. The molecule has 4 aromatic carbocycles. The van der Waals surface area contributed by atoms with Crippen LogP contribution in [0.2, 0.25) is 5.02 Å². The first-order valence-corrected chi connectivity index (χ1v) is 20.3. The Balaban J connectivity index is 1.15. The predicted octanol–water partition coefficient (Wildman–Crippen LogP) is 9.07. The number of aryl methyl sites for hydroxylation is 1. The molecule has 0 amide bonds. The number of carboxylic acid groups (broad SMARTS) is 1. The van der Waals surface area contributed by atoms with Crippen molar-refractivity contribution in [3.63, 3.8) is 0 Å². The number of benzene rings is 4. The van der Waals surface area contributed by atoms with Gasteiger partial charge in [-0.05, 0) is 121 Å². The number of nitriles is 1. The largest absolute Gasteiger partial charge is 0.492 e. The molecule has 11 heteroatoms. The molecular formula is C48H50ClN3O7. The molecule has 1 fully saturated rings. The van der Waals surface area contributed by atoms with Gasteiger partial charge in [0.05, 0.1) is 22.6 Å². The van der Waals surface area contributed by atoms with E-state index in [9.17, 15) is 25.1 Å². The van der Waals surface area contributed by atoms with E-state index in [1.807, 2.05) is 24.3 Å². The van der Waals surface area contributed by atoms with Gasteiger partial charge < -0.3 is 29.7 Å². The molecule has 0 radical (unpaired) electrons. The molecule has 59 heavy (non-hydrogen) atoms. The number of aliphatic hydroxyl groups is 1. The number of Topliss-reactive ketones (excluding diaryl/α,β-unsaturated/α-hetero) is 1. The number of aliphatic hydroxyl groups excluding tert-OH is 1. The Hall–Kier alpha value is -5.73. The molecule has 306 valence electrons. The number of hydrogen-bond donors (Lipinski definition) is 3. The fraction of sp³-hybridized carbons (Fsp3) is 0.333. The van der Waals surface area contributed by atoms with Gasteiger partial charge in [0.15, 0.2) is 0 Å². The zero-order valence-corrected chi connectivity index (χ0v) is 34.5. The molecule has 0 unspecified atom stereocenters. The second-order valence-electron chi connectivity index (χ2n) is 15.5. The van der Waals surface area contributed by atoms with Crippen molar-refractivity contribution >= 4 is 23.4 Å². The van der Waals surface area contributed by atoms with Crippen LogP contribution in [-0.4, -0.2) is 53.3 Å². The molecule has 0 spiro atoms. The van der Waals surface area contributed by atoms with Crippen molar-refractivity contribution in [1.82, 2.24) is 10.3 Å². The molecule has 2 atom stereocenters. The molecule has 10 nitrogen and oxygen atoms in total. The Bertz CT molecular complexity index is 2320. The van der Waals surface area contributed by atoms with Crippen LogP contribution in [0.5, 0.6) is 17.2 Å². The second kappa shape index (κ2) is 19.8. The Morgan fingerprint density at radius 3 is 2.37 bits per heavy atom. The van der Waals surface area contributed by atoms with Crippen molar-refractivity contribution in [2.45, 2.75) is 66.1 Å². The van der Waals surface area contributed by atoms with E-state index in [1.54, 1.807) is 24.4 Å². The lowest BCUT2D eigenvalue weighted by molar-refractivity contribution is -0.150. The molecule has 3 N–H and O–H groups in total. The Kier molecular flexibility index (Phi) is 14.4. The number of carbonyl (C=O) groups is 2. The van der Waals surface area contributed by atoms with Crippen molar-refractivity contribution < 1.29 is 34.0 Å². The van der Waals surface area contributed by atoms with E-state index in [2.05, 4.69) is 66.6 Å². The number of carboxylic acids is 1. The highest BCUT2D eigenvalue weighted by atomic mass is 35.5. The highest BCUT2D eigenvalue weighted by Gasteiger charge is 2.32. The molecule has 6 rings (SSSR count). The van der Waals surface area contributed by atoms with Gasteiger partial charge in [-0.3, -0.25) is 14.6 Å². The van der Waals surface area contributed by atoms with Crippen LogP contribution in [0.3, 0.4) is 0 Å². The second-order valence-corrected chi connectivity index (χ2v) is 15.9. The number of nitrogens with one attached hydrogen (secondary N) is 1. The lowest BCUT2D eigenvalue weighted by atomic mass is 9.85. The summed E-state index contributed by atoms with van der Waals surface area (Å²) in [7, 11) is 0. The predicted molar refractivity (Wildman–Crippen MR) is 228 cm³/mol. The van der Waals surface area contributed by atoms with Gasteiger partial charge in [0, 0.05) is 43.4 Å². The lowest BCUT2D eigenvalue weighted by Gasteiger charge is -2.23. The summed E-state index contributed by atoms with van der Waals surface area (Å²) in [5.74, 6) is 1.37. The Morgan fingerprint density at radius 1 is 0.932 bits per heavy atom. The molecule has 1 saturated carbocycles. The van der Waals surface area contributed by atoms with Crippen LogP contribution < -0.4 is 19.5 Å². The summed E-state index contributed by atoms with van der Waals surface area (Å²) in [6, 6.07) is 27.9. The third-order valence-corrected chi connectivity index (χ3v) is 11.5. The van der Waals surface area contributed by atoms with Crippen LogP contribution in [-0.2, 0) is 29.2 Å². The molecule has 1 aliphatic rings. The zero-order chi connectivity index (χ0) is 41.9. The number of carbonyl (C=O) groups excluding carboxylic acids is 1.